The number of amides is 1. The molecular weight excluding hydrogens is 1170 g/mol. The summed E-state index contributed by atoms with van der Waals surface area (Å²) in [6, 6.07) is -0.987. The molecule has 3 rings (SSSR count). The fourth-order valence-corrected chi connectivity index (χ4v) is 12.7. The first-order valence-corrected chi connectivity index (χ1v) is 37.1. The number of hydrogen-bond donors (Lipinski definition) is 12. The van der Waals surface area contributed by atoms with Crippen molar-refractivity contribution in [1.82, 2.24) is 5.32 Å². The SMILES string of the molecule is CCCCCCCCCCCCCCCCCCCCCCCCC/C=C/CC/C=C/C(O)C(COC1OC(CO)C(OC2OC(CO)C(OC3OC(CO)C(O)C(O)C3O)C(O)C2O)C(O)C1O)NC(=O)CCCCCCCCCCCCCCCCCCC. The minimum Gasteiger partial charge on any atom is -0.394 e. The standard InChI is InChI=1S/C72H135NO18/c1-3-5-7-9-11-13-15-17-19-21-22-23-24-25-26-27-28-29-30-31-32-34-35-37-39-41-43-45-47-49-56(77)55(73-60(78)50-48-46-44-42-40-38-36-33-20-18-16-14-12-10-8-6-4-2)54-86-70-66(84)63(81)68(58(52-75)88-70)91-72-67(85)64(82)69(59(53-76)89-72)90-71-65(83)62(80)61(79)57(51-74)87-71/h39,41,47,49,55-59,61-72,74-77,79-85H,3-38,40,42-46,48,50-54H2,1-2H3,(H,73,78)/b41-39+,49-47+. The Kier molecular flexibility index (Phi) is 49.8. The zero-order chi connectivity index (χ0) is 66.1. The van der Waals surface area contributed by atoms with Gasteiger partial charge in [0.25, 0.3) is 0 Å². The molecule has 0 aromatic rings. The van der Waals surface area contributed by atoms with Crippen LogP contribution in [0.1, 0.15) is 296 Å². The van der Waals surface area contributed by atoms with Gasteiger partial charge in [-0.05, 0) is 32.1 Å². The van der Waals surface area contributed by atoms with E-state index in [0.29, 0.717) is 12.8 Å². The Morgan fingerprint density at radius 1 is 0.385 bits per heavy atom. The highest BCUT2D eigenvalue weighted by molar-refractivity contribution is 5.76. The van der Waals surface area contributed by atoms with E-state index in [1.165, 1.54) is 225 Å². The maximum absolute atomic E-state index is 13.4. The highest BCUT2D eigenvalue weighted by Crippen LogP contribution is 2.33. The van der Waals surface area contributed by atoms with Crippen LogP contribution >= 0.6 is 0 Å². The Bertz CT molecular complexity index is 1750. The van der Waals surface area contributed by atoms with Gasteiger partial charge in [0.1, 0.15) is 73.2 Å². The molecule has 17 unspecified atom stereocenters. The van der Waals surface area contributed by atoms with Crippen molar-refractivity contribution in [3.05, 3.63) is 24.3 Å². The van der Waals surface area contributed by atoms with Gasteiger partial charge >= 0.3 is 0 Å². The first-order chi connectivity index (χ1) is 44.3. The molecule has 0 radical (unpaired) electrons. The number of ether oxygens (including phenoxy) is 6. The van der Waals surface area contributed by atoms with Crippen molar-refractivity contribution in [2.45, 2.75) is 401 Å². The van der Waals surface area contributed by atoms with E-state index in [1.807, 2.05) is 6.08 Å². The predicted octanol–water partition coefficient (Wildman–Crippen LogP) is 10.6. The molecule has 536 valence electrons. The lowest BCUT2D eigenvalue weighted by Crippen LogP contribution is -2.66. The molecule has 0 saturated carbocycles. The maximum Gasteiger partial charge on any atom is 0.220 e. The third kappa shape index (κ3) is 35.9. The highest BCUT2D eigenvalue weighted by atomic mass is 16.8. The van der Waals surface area contributed by atoms with E-state index in [-0.39, 0.29) is 18.9 Å². The predicted molar refractivity (Wildman–Crippen MR) is 356 cm³/mol. The molecule has 3 aliphatic heterocycles. The zero-order valence-corrected chi connectivity index (χ0v) is 56.8. The quantitative estimate of drug-likeness (QED) is 0.0199. The summed E-state index contributed by atoms with van der Waals surface area (Å²) in [5, 5.41) is 121. The lowest BCUT2D eigenvalue weighted by atomic mass is 9.96. The van der Waals surface area contributed by atoms with Crippen molar-refractivity contribution in [2.24, 2.45) is 0 Å². The normalized spacial score (nSPS) is 27.9. The van der Waals surface area contributed by atoms with E-state index in [2.05, 4.69) is 31.3 Å². The van der Waals surface area contributed by atoms with Crippen LogP contribution in [0.15, 0.2) is 24.3 Å². The summed E-state index contributed by atoms with van der Waals surface area (Å²) in [6.07, 6.45) is 36.0. The summed E-state index contributed by atoms with van der Waals surface area (Å²) >= 11 is 0. The van der Waals surface area contributed by atoms with Gasteiger partial charge in [0.05, 0.1) is 38.6 Å². The van der Waals surface area contributed by atoms with Crippen molar-refractivity contribution < 1.29 is 89.4 Å². The average molecular weight is 1300 g/mol. The number of nitrogens with one attached hydrogen (secondary N) is 1. The van der Waals surface area contributed by atoms with Crippen LogP contribution in [0.3, 0.4) is 0 Å². The molecule has 0 aromatic carbocycles. The lowest BCUT2D eigenvalue weighted by Gasteiger charge is -2.48. The monoisotopic (exact) mass is 1300 g/mol. The molecule has 3 fully saturated rings. The fourth-order valence-electron chi connectivity index (χ4n) is 12.7. The second-order valence-corrected chi connectivity index (χ2v) is 26.8. The molecule has 91 heavy (non-hydrogen) atoms. The van der Waals surface area contributed by atoms with Crippen molar-refractivity contribution >= 4 is 5.91 Å². The second kappa shape index (κ2) is 54.3. The van der Waals surface area contributed by atoms with Gasteiger partial charge in [-0.3, -0.25) is 4.79 Å². The van der Waals surface area contributed by atoms with Crippen LogP contribution in [0, 0.1) is 0 Å². The Balaban J connectivity index is 1.41. The van der Waals surface area contributed by atoms with Crippen molar-refractivity contribution in [3.63, 3.8) is 0 Å². The molecule has 19 heteroatoms. The van der Waals surface area contributed by atoms with E-state index in [0.717, 1.165) is 38.5 Å². The third-order valence-electron chi connectivity index (χ3n) is 18.8. The summed E-state index contributed by atoms with van der Waals surface area (Å²) in [6.45, 7) is 1.76. The number of aliphatic hydroxyl groups is 11. The number of carbonyl (C=O) groups is 1. The van der Waals surface area contributed by atoms with E-state index in [9.17, 15) is 61.0 Å². The number of carbonyl (C=O) groups excluding carboxylic acids is 1. The second-order valence-electron chi connectivity index (χ2n) is 26.8. The van der Waals surface area contributed by atoms with E-state index in [1.54, 1.807) is 6.08 Å². The first kappa shape index (κ1) is 83.5. The molecule has 3 heterocycles. The molecule has 0 aliphatic carbocycles. The summed E-state index contributed by atoms with van der Waals surface area (Å²) < 4.78 is 34.4. The molecule has 3 saturated heterocycles. The van der Waals surface area contributed by atoms with Gasteiger partial charge in [0.2, 0.25) is 5.91 Å². The van der Waals surface area contributed by atoms with Crippen molar-refractivity contribution in [3.8, 4) is 0 Å². The van der Waals surface area contributed by atoms with Crippen LogP contribution in [-0.2, 0) is 33.2 Å². The number of unbranched alkanes of at least 4 members (excludes halogenated alkanes) is 40. The van der Waals surface area contributed by atoms with Gasteiger partial charge in [0, 0.05) is 6.42 Å². The topological polar surface area (TPSA) is 307 Å². The summed E-state index contributed by atoms with van der Waals surface area (Å²) in [4.78, 5) is 13.4. The number of hydrogen-bond acceptors (Lipinski definition) is 18. The Morgan fingerprint density at radius 3 is 1.10 bits per heavy atom. The number of rotatable bonds is 58. The van der Waals surface area contributed by atoms with Crippen LogP contribution in [-0.4, -0.2) is 193 Å². The van der Waals surface area contributed by atoms with Gasteiger partial charge in [-0.15, -0.1) is 0 Å². The minimum atomic E-state index is -1.98. The average Bonchev–Trinajstić information content (AvgIpc) is 0.885. The summed E-state index contributed by atoms with van der Waals surface area (Å²) in [7, 11) is 0. The van der Waals surface area contributed by atoms with Gasteiger partial charge in [-0.1, -0.05) is 282 Å². The van der Waals surface area contributed by atoms with Crippen LogP contribution in [0.2, 0.25) is 0 Å². The van der Waals surface area contributed by atoms with Gasteiger partial charge in [-0.2, -0.15) is 0 Å². The molecule has 0 bridgehead atoms. The highest BCUT2D eigenvalue weighted by Gasteiger charge is 2.53. The van der Waals surface area contributed by atoms with E-state index < -0.39 is 124 Å². The fraction of sp³-hybridized carbons (Fsp3) is 0.931. The van der Waals surface area contributed by atoms with E-state index in [4.69, 9.17) is 28.4 Å². The summed E-state index contributed by atoms with van der Waals surface area (Å²) in [5.41, 5.74) is 0. The molecule has 0 aromatic heterocycles. The summed E-state index contributed by atoms with van der Waals surface area (Å²) in [5.74, 6) is -0.280. The molecule has 0 spiro atoms. The Hall–Kier alpha value is -1.73. The molecule has 12 N–H and O–H groups in total. The Morgan fingerprint density at radius 2 is 0.703 bits per heavy atom. The van der Waals surface area contributed by atoms with Gasteiger partial charge in [0.15, 0.2) is 18.9 Å². The Labute approximate surface area is 549 Å². The van der Waals surface area contributed by atoms with Crippen LogP contribution in [0.5, 0.6) is 0 Å². The first-order valence-electron chi connectivity index (χ1n) is 37.1. The van der Waals surface area contributed by atoms with Gasteiger partial charge in [-0.25, -0.2) is 0 Å². The van der Waals surface area contributed by atoms with Crippen LogP contribution in [0.4, 0.5) is 0 Å². The number of aliphatic hydroxyl groups excluding tert-OH is 11. The third-order valence-corrected chi connectivity index (χ3v) is 18.8. The smallest absolute Gasteiger partial charge is 0.220 e. The van der Waals surface area contributed by atoms with Crippen molar-refractivity contribution in [2.75, 3.05) is 26.4 Å². The molecular formula is C72H135NO18. The molecule has 19 nitrogen and oxygen atoms in total. The lowest BCUT2D eigenvalue weighted by molar-refractivity contribution is -0.379. The minimum absolute atomic E-state index is 0.240. The zero-order valence-electron chi connectivity index (χ0n) is 56.8. The number of allylic oxidation sites excluding steroid dienone is 3. The van der Waals surface area contributed by atoms with Crippen LogP contribution < -0.4 is 5.32 Å². The molecule has 3 aliphatic rings. The largest absolute Gasteiger partial charge is 0.394 e. The molecule has 17 atom stereocenters. The molecule has 1 amide bonds. The van der Waals surface area contributed by atoms with E-state index >= 15 is 0 Å². The van der Waals surface area contributed by atoms with Crippen LogP contribution in [0.25, 0.3) is 0 Å². The van der Waals surface area contributed by atoms with Gasteiger partial charge < -0.3 is 89.9 Å². The maximum atomic E-state index is 13.4. The van der Waals surface area contributed by atoms with Crippen molar-refractivity contribution in [1.29, 1.82) is 0 Å².